The summed E-state index contributed by atoms with van der Waals surface area (Å²) in [5, 5.41) is 3.28. The van der Waals surface area contributed by atoms with Crippen molar-refractivity contribution in [3.63, 3.8) is 0 Å². The standard InChI is InChI=1S/C12H17ClFN/c1-10(5-4-8-13)15-9-11-6-2-3-7-12(11)14/h2-3,6-7,10,15H,4-5,8-9H2,1H3. The second-order valence-corrected chi connectivity index (χ2v) is 4.08. The van der Waals surface area contributed by atoms with Crippen LogP contribution >= 0.6 is 11.6 Å². The predicted molar refractivity (Wildman–Crippen MR) is 62.7 cm³/mol. The lowest BCUT2D eigenvalue weighted by Crippen LogP contribution is -2.25. The van der Waals surface area contributed by atoms with Gasteiger partial charge in [0.1, 0.15) is 5.82 Å². The Balaban J connectivity index is 2.33. The van der Waals surface area contributed by atoms with E-state index in [1.807, 2.05) is 6.07 Å². The summed E-state index contributed by atoms with van der Waals surface area (Å²) in [5.41, 5.74) is 0.718. The van der Waals surface area contributed by atoms with E-state index in [0.717, 1.165) is 18.4 Å². The van der Waals surface area contributed by atoms with Crippen LogP contribution in [0.15, 0.2) is 24.3 Å². The zero-order valence-corrected chi connectivity index (χ0v) is 9.73. The van der Waals surface area contributed by atoms with Crippen molar-refractivity contribution in [1.82, 2.24) is 5.32 Å². The van der Waals surface area contributed by atoms with Gasteiger partial charge in [0.05, 0.1) is 0 Å². The van der Waals surface area contributed by atoms with Gasteiger partial charge in [-0.2, -0.15) is 0 Å². The molecule has 0 heterocycles. The molecule has 0 saturated heterocycles. The van der Waals surface area contributed by atoms with Gasteiger partial charge in [0.2, 0.25) is 0 Å². The molecule has 1 aromatic rings. The number of nitrogens with one attached hydrogen (secondary N) is 1. The summed E-state index contributed by atoms with van der Waals surface area (Å²) in [4.78, 5) is 0. The molecule has 1 rings (SSSR count). The third kappa shape index (κ3) is 4.63. The van der Waals surface area contributed by atoms with E-state index in [1.54, 1.807) is 12.1 Å². The number of hydrogen-bond donors (Lipinski definition) is 1. The number of alkyl halides is 1. The van der Waals surface area contributed by atoms with Crippen LogP contribution in [0.1, 0.15) is 25.3 Å². The molecule has 0 fully saturated rings. The summed E-state index contributed by atoms with van der Waals surface area (Å²) in [6.45, 7) is 2.67. The van der Waals surface area contributed by atoms with Crippen molar-refractivity contribution in [3.8, 4) is 0 Å². The molecule has 0 spiro atoms. The quantitative estimate of drug-likeness (QED) is 0.738. The zero-order valence-electron chi connectivity index (χ0n) is 8.97. The fourth-order valence-corrected chi connectivity index (χ4v) is 1.57. The molecular weight excluding hydrogens is 213 g/mol. The smallest absolute Gasteiger partial charge is 0.127 e. The summed E-state index contributed by atoms with van der Waals surface area (Å²) < 4.78 is 13.2. The summed E-state index contributed by atoms with van der Waals surface area (Å²) in [7, 11) is 0. The van der Waals surface area contributed by atoms with Gasteiger partial charge in [0.25, 0.3) is 0 Å². The number of hydrogen-bond acceptors (Lipinski definition) is 1. The van der Waals surface area contributed by atoms with Crippen molar-refractivity contribution < 1.29 is 4.39 Å². The highest BCUT2D eigenvalue weighted by molar-refractivity contribution is 6.17. The minimum atomic E-state index is -0.144. The van der Waals surface area contributed by atoms with E-state index in [9.17, 15) is 4.39 Å². The molecule has 1 nitrogen and oxygen atoms in total. The predicted octanol–water partition coefficient (Wildman–Crippen LogP) is 3.32. The minimum absolute atomic E-state index is 0.144. The van der Waals surface area contributed by atoms with E-state index >= 15 is 0 Å². The van der Waals surface area contributed by atoms with Crippen LogP contribution in [-0.4, -0.2) is 11.9 Å². The summed E-state index contributed by atoms with van der Waals surface area (Å²) in [5.74, 6) is 0.542. The summed E-state index contributed by atoms with van der Waals surface area (Å²) in [6, 6.07) is 7.22. The first-order chi connectivity index (χ1) is 7.24. The molecule has 1 unspecified atom stereocenters. The van der Waals surface area contributed by atoms with Gasteiger partial charge >= 0.3 is 0 Å². The summed E-state index contributed by atoms with van der Waals surface area (Å²) >= 11 is 5.60. The molecule has 84 valence electrons. The molecule has 1 atom stereocenters. The minimum Gasteiger partial charge on any atom is -0.310 e. The Morgan fingerprint density at radius 1 is 1.40 bits per heavy atom. The monoisotopic (exact) mass is 229 g/mol. The van der Waals surface area contributed by atoms with Gasteiger partial charge in [0, 0.05) is 24.0 Å². The fraction of sp³-hybridized carbons (Fsp3) is 0.500. The first-order valence-corrected chi connectivity index (χ1v) is 5.80. The van der Waals surface area contributed by atoms with Crippen LogP contribution in [0.2, 0.25) is 0 Å². The van der Waals surface area contributed by atoms with Crippen LogP contribution in [0, 0.1) is 5.82 Å². The molecule has 0 saturated carbocycles. The largest absolute Gasteiger partial charge is 0.310 e. The average molecular weight is 230 g/mol. The van der Waals surface area contributed by atoms with Crippen molar-refractivity contribution in [1.29, 1.82) is 0 Å². The third-order valence-electron chi connectivity index (χ3n) is 2.37. The maximum Gasteiger partial charge on any atom is 0.127 e. The summed E-state index contributed by atoms with van der Waals surface area (Å²) in [6.07, 6.45) is 2.02. The van der Waals surface area contributed by atoms with Crippen molar-refractivity contribution in [2.45, 2.75) is 32.4 Å². The Hall–Kier alpha value is -0.600. The Labute approximate surface area is 95.6 Å². The Bertz CT molecular complexity index is 291. The van der Waals surface area contributed by atoms with Gasteiger partial charge in [-0.25, -0.2) is 4.39 Å². The molecule has 0 bridgehead atoms. The molecule has 0 aliphatic rings. The second kappa shape index (κ2) is 6.81. The van der Waals surface area contributed by atoms with E-state index in [0.29, 0.717) is 18.5 Å². The van der Waals surface area contributed by atoms with E-state index in [4.69, 9.17) is 11.6 Å². The van der Waals surface area contributed by atoms with E-state index in [2.05, 4.69) is 12.2 Å². The Morgan fingerprint density at radius 2 is 2.13 bits per heavy atom. The van der Waals surface area contributed by atoms with Crippen LogP contribution in [0.4, 0.5) is 4.39 Å². The first kappa shape index (κ1) is 12.5. The van der Waals surface area contributed by atoms with Crippen molar-refractivity contribution in [2.75, 3.05) is 5.88 Å². The van der Waals surface area contributed by atoms with Gasteiger partial charge in [-0.3, -0.25) is 0 Å². The molecule has 0 radical (unpaired) electrons. The number of halogens is 2. The van der Waals surface area contributed by atoms with Gasteiger partial charge in [-0.05, 0) is 25.8 Å². The Kier molecular flexibility index (Phi) is 5.66. The van der Waals surface area contributed by atoms with E-state index in [-0.39, 0.29) is 5.82 Å². The lowest BCUT2D eigenvalue weighted by Gasteiger charge is -2.13. The maximum atomic E-state index is 13.2. The fourth-order valence-electron chi connectivity index (χ4n) is 1.41. The molecule has 0 amide bonds. The number of benzene rings is 1. The highest BCUT2D eigenvalue weighted by Gasteiger charge is 2.03. The average Bonchev–Trinajstić information content (AvgIpc) is 2.25. The third-order valence-corrected chi connectivity index (χ3v) is 2.64. The zero-order chi connectivity index (χ0) is 11.1. The highest BCUT2D eigenvalue weighted by atomic mass is 35.5. The van der Waals surface area contributed by atoms with Crippen molar-refractivity contribution in [3.05, 3.63) is 35.6 Å². The van der Waals surface area contributed by atoms with Gasteiger partial charge in [-0.1, -0.05) is 18.2 Å². The lowest BCUT2D eigenvalue weighted by molar-refractivity contribution is 0.497. The van der Waals surface area contributed by atoms with Crippen LogP contribution in [0.5, 0.6) is 0 Å². The van der Waals surface area contributed by atoms with Crippen LogP contribution in [0.3, 0.4) is 0 Å². The van der Waals surface area contributed by atoms with Crippen molar-refractivity contribution >= 4 is 11.6 Å². The molecular formula is C12H17ClFN. The van der Waals surface area contributed by atoms with E-state index < -0.39 is 0 Å². The van der Waals surface area contributed by atoms with Crippen LogP contribution in [0.25, 0.3) is 0 Å². The SMILES string of the molecule is CC(CCCCl)NCc1ccccc1F. The molecule has 15 heavy (non-hydrogen) atoms. The molecule has 1 N–H and O–H groups in total. The molecule has 0 aliphatic heterocycles. The molecule has 0 aromatic heterocycles. The maximum absolute atomic E-state index is 13.2. The van der Waals surface area contributed by atoms with Crippen LogP contribution < -0.4 is 5.32 Å². The Morgan fingerprint density at radius 3 is 2.80 bits per heavy atom. The molecule has 1 aromatic carbocycles. The van der Waals surface area contributed by atoms with Gasteiger partial charge < -0.3 is 5.32 Å². The first-order valence-electron chi connectivity index (χ1n) is 5.26. The molecule has 3 heteroatoms. The second-order valence-electron chi connectivity index (χ2n) is 3.70. The number of rotatable bonds is 6. The molecule has 0 aliphatic carbocycles. The van der Waals surface area contributed by atoms with Gasteiger partial charge in [-0.15, -0.1) is 11.6 Å². The van der Waals surface area contributed by atoms with Crippen molar-refractivity contribution in [2.24, 2.45) is 0 Å². The van der Waals surface area contributed by atoms with Crippen LogP contribution in [-0.2, 0) is 6.54 Å². The normalized spacial score (nSPS) is 12.7. The topological polar surface area (TPSA) is 12.0 Å². The lowest BCUT2D eigenvalue weighted by atomic mass is 10.1. The van der Waals surface area contributed by atoms with Gasteiger partial charge in [0.15, 0.2) is 0 Å². The van der Waals surface area contributed by atoms with E-state index in [1.165, 1.54) is 6.07 Å². The highest BCUT2D eigenvalue weighted by Crippen LogP contribution is 2.07.